The van der Waals surface area contributed by atoms with Gasteiger partial charge in [-0.3, -0.25) is 4.79 Å². The van der Waals surface area contributed by atoms with Crippen molar-refractivity contribution in [2.75, 3.05) is 24.3 Å². The number of nitrogens with zero attached hydrogens (tertiary/aromatic N) is 1. The van der Waals surface area contributed by atoms with Crippen molar-refractivity contribution in [3.63, 3.8) is 0 Å². The van der Waals surface area contributed by atoms with E-state index in [9.17, 15) is 4.79 Å². The van der Waals surface area contributed by atoms with Gasteiger partial charge in [0, 0.05) is 19.7 Å². The van der Waals surface area contributed by atoms with Crippen molar-refractivity contribution in [2.24, 2.45) is 5.92 Å². The molecule has 0 saturated heterocycles. The number of anilines is 2. The largest absolute Gasteiger partial charge is 0.481 e. The minimum absolute atomic E-state index is 0.0421. The first kappa shape index (κ1) is 20.6. The van der Waals surface area contributed by atoms with E-state index < -0.39 is 5.97 Å². The van der Waals surface area contributed by atoms with Gasteiger partial charge >= 0.3 is 5.97 Å². The molecule has 146 valence electrons. The first-order valence-electron chi connectivity index (χ1n) is 9.72. The normalized spacial score (nSPS) is 21.6. The van der Waals surface area contributed by atoms with E-state index in [4.69, 9.17) is 15.6 Å². The SMILES string of the molecule is COC1CCC(N(CC(C)C)c2ccc([C@H](C)CC(=O)O)cc2N)CC1. The summed E-state index contributed by atoms with van der Waals surface area (Å²) in [6, 6.07) is 6.55. The fraction of sp³-hybridized carbons (Fsp3) is 0.667. The number of carboxylic acids is 1. The van der Waals surface area contributed by atoms with Crippen molar-refractivity contribution in [2.45, 2.75) is 70.9 Å². The molecule has 1 aromatic carbocycles. The Labute approximate surface area is 157 Å². The average Bonchev–Trinajstić information content (AvgIpc) is 2.59. The lowest BCUT2D eigenvalue weighted by atomic mass is 9.90. The first-order chi connectivity index (χ1) is 12.3. The molecule has 1 atom stereocenters. The summed E-state index contributed by atoms with van der Waals surface area (Å²) in [5.41, 5.74) is 9.22. The number of benzene rings is 1. The van der Waals surface area contributed by atoms with Crippen molar-refractivity contribution in [3.05, 3.63) is 23.8 Å². The maximum atomic E-state index is 11.0. The van der Waals surface area contributed by atoms with Gasteiger partial charge in [0.05, 0.1) is 23.9 Å². The van der Waals surface area contributed by atoms with E-state index in [1.54, 1.807) is 7.11 Å². The molecular weight excluding hydrogens is 328 g/mol. The Balaban J connectivity index is 2.21. The predicted octanol–water partition coefficient (Wildman–Crippen LogP) is 4.27. The van der Waals surface area contributed by atoms with E-state index in [-0.39, 0.29) is 12.3 Å². The number of nitrogen functional groups attached to an aromatic ring is 1. The maximum absolute atomic E-state index is 11.0. The number of nitrogens with two attached hydrogens (primary N) is 1. The molecule has 0 spiro atoms. The quantitative estimate of drug-likeness (QED) is 0.676. The zero-order chi connectivity index (χ0) is 19.3. The fourth-order valence-electron chi connectivity index (χ4n) is 3.95. The smallest absolute Gasteiger partial charge is 0.303 e. The maximum Gasteiger partial charge on any atom is 0.303 e. The summed E-state index contributed by atoms with van der Waals surface area (Å²) in [5.74, 6) is -0.281. The molecule has 2 rings (SSSR count). The molecule has 0 radical (unpaired) electrons. The highest BCUT2D eigenvalue weighted by Gasteiger charge is 2.27. The van der Waals surface area contributed by atoms with Crippen molar-refractivity contribution in [1.82, 2.24) is 0 Å². The lowest BCUT2D eigenvalue weighted by Gasteiger charge is -2.39. The zero-order valence-electron chi connectivity index (χ0n) is 16.6. The highest BCUT2D eigenvalue weighted by atomic mass is 16.5. The van der Waals surface area contributed by atoms with Crippen molar-refractivity contribution < 1.29 is 14.6 Å². The van der Waals surface area contributed by atoms with E-state index in [0.29, 0.717) is 18.1 Å². The lowest BCUT2D eigenvalue weighted by molar-refractivity contribution is -0.137. The minimum atomic E-state index is -0.781. The molecule has 0 amide bonds. The summed E-state index contributed by atoms with van der Waals surface area (Å²) in [4.78, 5) is 13.4. The first-order valence-corrected chi connectivity index (χ1v) is 9.72. The molecule has 1 saturated carbocycles. The van der Waals surface area contributed by atoms with Gasteiger partial charge in [0.1, 0.15) is 0 Å². The highest BCUT2D eigenvalue weighted by molar-refractivity contribution is 5.71. The number of hydrogen-bond acceptors (Lipinski definition) is 4. The van der Waals surface area contributed by atoms with Crippen LogP contribution in [0.3, 0.4) is 0 Å². The zero-order valence-corrected chi connectivity index (χ0v) is 16.6. The van der Waals surface area contributed by atoms with Crippen molar-refractivity contribution >= 4 is 17.3 Å². The molecule has 1 fully saturated rings. The van der Waals surface area contributed by atoms with E-state index in [1.807, 2.05) is 19.1 Å². The lowest BCUT2D eigenvalue weighted by Crippen LogP contribution is -2.42. The van der Waals surface area contributed by atoms with Gasteiger partial charge in [0.25, 0.3) is 0 Å². The van der Waals surface area contributed by atoms with Crippen molar-refractivity contribution in [1.29, 1.82) is 0 Å². The molecule has 0 bridgehead atoms. The molecule has 26 heavy (non-hydrogen) atoms. The second-order valence-electron chi connectivity index (χ2n) is 8.03. The molecule has 0 aliphatic heterocycles. The molecule has 5 nitrogen and oxygen atoms in total. The molecule has 3 N–H and O–H groups in total. The molecule has 0 heterocycles. The van der Waals surface area contributed by atoms with Crippen LogP contribution >= 0.6 is 0 Å². The molecule has 1 aliphatic carbocycles. The van der Waals surface area contributed by atoms with E-state index in [0.717, 1.165) is 49.2 Å². The van der Waals surface area contributed by atoms with Crippen LogP contribution in [-0.4, -0.2) is 36.9 Å². The van der Waals surface area contributed by atoms with Crippen LogP contribution in [0.25, 0.3) is 0 Å². The second-order valence-corrected chi connectivity index (χ2v) is 8.03. The second kappa shape index (κ2) is 9.26. The van der Waals surface area contributed by atoms with Crippen LogP contribution < -0.4 is 10.6 Å². The summed E-state index contributed by atoms with van der Waals surface area (Å²) in [7, 11) is 1.80. The van der Waals surface area contributed by atoms with Gasteiger partial charge in [-0.25, -0.2) is 0 Å². The van der Waals surface area contributed by atoms with Gasteiger partial charge in [-0.1, -0.05) is 26.8 Å². The number of hydrogen-bond donors (Lipinski definition) is 2. The predicted molar refractivity (Wildman–Crippen MR) is 107 cm³/mol. The number of carbonyl (C=O) groups is 1. The van der Waals surface area contributed by atoms with Gasteiger partial charge in [-0.15, -0.1) is 0 Å². The van der Waals surface area contributed by atoms with Gasteiger partial charge in [0.2, 0.25) is 0 Å². The van der Waals surface area contributed by atoms with Gasteiger partial charge in [-0.2, -0.15) is 0 Å². The number of rotatable bonds is 8. The van der Waals surface area contributed by atoms with E-state index in [1.165, 1.54) is 0 Å². The third kappa shape index (κ3) is 5.37. The summed E-state index contributed by atoms with van der Waals surface area (Å²) < 4.78 is 5.51. The Hall–Kier alpha value is -1.75. The summed E-state index contributed by atoms with van der Waals surface area (Å²) in [6.45, 7) is 7.36. The Kier molecular flexibility index (Phi) is 7.33. The Morgan fingerprint density at radius 3 is 2.42 bits per heavy atom. The van der Waals surface area contributed by atoms with Gasteiger partial charge < -0.3 is 20.5 Å². The van der Waals surface area contributed by atoms with Crippen LogP contribution in [-0.2, 0) is 9.53 Å². The molecular formula is C21H34N2O3. The summed E-state index contributed by atoms with van der Waals surface area (Å²) >= 11 is 0. The van der Waals surface area contributed by atoms with Crippen LogP contribution in [0.15, 0.2) is 18.2 Å². The van der Waals surface area contributed by atoms with Crippen LogP contribution in [0, 0.1) is 5.92 Å². The van der Waals surface area contributed by atoms with E-state index >= 15 is 0 Å². The number of ether oxygens (including phenoxy) is 1. The third-order valence-electron chi connectivity index (χ3n) is 5.39. The average molecular weight is 363 g/mol. The van der Waals surface area contributed by atoms with E-state index in [2.05, 4.69) is 24.8 Å². The van der Waals surface area contributed by atoms with Crippen LogP contribution in [0.5, 0.6) is 0 Å². The minimum Gasteiger partial charge on any atom is -0.481 e. The number of methoxy groups -OCH3 is 1. The molecule has 0 unspecified atom stereocenters. The topological polar surface area (TPSA) is 75.8 Å². The molecule has 5 heteroatoms. The van der Waals surface area contributed by atoms with Gasteiger partial charge in [-0.05, 0) is 55.2 Å². The monoisotopic (exact) mass is 362 g/mol. The number of aliphatic carboxylic acids is 1. The Morgan fingerprint density at radius 2 is 1.92 bits per heavy atom. The summed E-state index contributed by atoms with van der Waals surface area (Å²) in [6.07, 6.45) is 4.90. The molecule has 0 aromatic heterocycles. The molecule has 1 aliphatic rings. The van der Waals surface area contributed by atoms with Crippen molar-refractivity contribution in [3.8, 4) is 0 Å². The third-order valence-corrected chi connectivity index (χ3v) is 5.39. The van der Waals surface area contributed by atoms with Crippen LogP contribution in [0.2, 0.25) is 0 Å². The standard InChI is InChI=1S/C21H34N2O3/c1-14(2)13-23(17-6-8-18(26-4)9-7-17)20-10-5-16(12-19(20)22)15(3)11-21(24)25/h5,10,12,14-15,17-18H,6-9,11,13,22H2,1-4H3,(H,24,25)/t15-,17?,18?/m1/s1. The highest BCUT2D eigenvalue weighted by Crippen LogP contribution is 2.34. The summed E-state index contributed by atoms with van der Waals surface area (Å²) in [5, 5.41) is 9.02. The van der Waals surface area contributed by atoms with Crippen LogP contribution in [0.1, 0.15) is 64.4 Å². The number of carboxylic acid groups (broad SMARTS) is 1. The van der Waals surface area contributed by atoms with Crippen LogP contribution in [0.4, 0.5) is 11.4 Å². The molecule has 1 aromatic rings. The fourth-order valence-corrected chi connectivity index (χ4v) is 3.95. The van der Waals surface area contributed by atoms with Gasteiger partial charge in [0.15, 0.2) is 0 Å². The Bertz CT molecular complexity index is 595. The Morgan fingerprint density at radius 1 is 1.27 bits per heavy atom.